The Morgan fingerprint density at radius 2 is 1.65 bits per heavy atom. The Bertz CT molecular complexity index is 368. The number of nitrogens with zero attached hydrogens (tertiary/aromatic N) is 1. The van der Waals surface area contributed by atoms with Crippen molar-refractivity contribution >= 4 is 5.69 Å². The van der Waals surface area contributed by atoms with Gasteiger partial charge < -0.3 is 4.90 Å². The predicted octanol–water partition coefficient (Wildman–Crippen LogP) is 1.55. The summed E-state index contributed by atoms with van der Waals surface area (Å²) in [5, 5.41) is 10.5. The lowest BCUT2D eigenvalue weighted by molar-refractivity contribution is -0.913. The highest BCUT2D eigenvalue weighted by Gasteiger charge is 2.13. The molecule has 0 saturated carbocycles. The summed E-state index contributed by atoms with van der Waals surface area (Å²) in [6.45, 7) is 3.46. The van der Waals surface area contributed by atoms with Crippen LogP contribution < -0.4 is 4.90 Å². The number of hydrogen-bond donors (Lipinski definition) is 1. The van der Waals surface area contributed by atoms with Crippen molar-refractivity contribution in [3.8, 4) is 0 Å². The minimum Gasteiger partial charge on any atom is -0.331 e. The summed E-state index contributed by atoms with van der Waals surface area (Å²) in [4.78, 5) is 11.8. The molecule has 4 heteroatoms. The van der Waals surface area contributed by atoms with Crippen molar-refractivity contribution in [1.29, 1.82) is 0 Å². The maximum Gasteiger partial charge on any atom is 0.269 e. The molecule has 1 fully saturated rings. The molecule has 1 heterocycles. The van der Waals surface area contributed by atoms with Gasteiger partial charge in [-0.3, -0.25) is 10.1 Å². The SMILES string of the molecule is O=[N+]([O-])c1ccc(C[NH+]2CCCCCC2)cc1. The zero-order valence-corrected chi connectivity index (χ0v) is 10.0. The summed E-state index contributed by atoms with van der Waals surface area (Å²) in [6.07, 6.45) is 5.32. The summed E-state index contributed by atoms with van der Waals surface area (Å²) < 4.78 is 0. The monoisotopic (exact) mass is 235 g/mol. The Balaban J connectivity index is 1.95. The fourth-order valence-electron chi connectivity index (χ4n) is 2.43. The third-order valence-electron chi connectivity index (χ3n) is 3.41. The van der Waals surface area contributed by atoms with Crippen LogP contribution in [0.15, 0.2) is 24.3 Å². The first kappa shape index (κ1) is 12.0. The smallest absolute Gasteiger partial charge is 0.269 e. The maximum absolute atomic E-state index is 10.5. The first-order valence-electron chi connectivity index (χ1n) is 6.32. The van der Waals surface area contributed by atoms with Gasteiger partial charge in [-0.1, -0.05) is 0 Å². The van der Waals surface area contributed by atoms with E-state index in [0.29, 0.717) is 0 Å². The first-order chi connectivity index (χ1) is 8.25. The Morgan fingerprint density at radius 1 is 1.06 bits per heavy atom. The van der Waals surface area contributed by atoms with E-state index >= 15 is 0 Å². The average Bonchev–Trinajstić information content (AvgIpc) is 2.58. The van der Waals surface area contributed by atoms with E-state index in [1.165, 1.54) is 44.3 Å². The van der Waals surface area contributed by atoms with Gasteiger partial charge in [0.25, 0.3) is 5.69 Å². The number of hydrogen-bond acceptors (Lipinski definition) is 2. The van der Waals surface area contributed by atoms with Gasteiger partial charge in [0, 0.05) is 17.7 Å². The van der Waals surface area contributed by atoms with E-state index in [-0.39, 0.29) is 10.6 Å². The Labute approximate surface area is 101 Å². The van der Waals surface area contributed by atoms with Gasteiger partial charge >= 0.3 is 0 Å². The van der Waals surface area contributed by atoms with Crippen molar-refractivity contribution in [2.75, 3.05) is 13.1 Å². The Kier molecular flexibility index (Phi) is 4.09. The second-order valence-corrected chi connectivity index (χ2v) is 4.76. The van der Waals surface area contributed by atoms with Gasteiger partial charge in [-0.15, -0.1) is 0 Å². The molecule has 1 aromatic rings. The van der Waals surface area contributed by atoms with Crippen LogP contribution in [0.2, 0.25) is 0 Å². The highest BCUT2D eigenvalue weighted by molar-refractivity contribution is 5.32. The fourth-order valence-corrected chi connectivity index (χ4v) is 2.43. The number of rotatable bonds is 3. The summed E-state index contributed by atoms with van der Waals surface area (Å²) >= 11 is 0. The molecule has 0 atom stereocenters. The van der Waals surface area contributed by atoms with Crippen LogP contribution in [0, 0.1) is 10.1 Å². The highest BCUT2D eigenvalue weighted by atomic mass is 16.6. The maximum atomic E-state index is 10.5. The Morgan fingerprint density at radius 3 is 2.18 bits per heavy atom. The molecule has 0 radical (unpaired) electrons. The van der Waals surface area contributed by atoms with Crippen LogP contribution in [-0.2, 0) is 6.54 Å². The molecule has 0 bridgehead atoms. The zero-order chi connectivity index (χ0) is 12.1. The van der Waals surface area contributed by atoms with Crippen LogP contribution in [-0.4, -0.2) is 18.0 Å². The molecule has 0 spiro atoms. The molecule has 2 rings (SSSR count). The fraction of sp³-hybridized carbons (Fsp3) is 0.538. The lowest BCUT2D eigenvalue weighted by Gasteiger charge is -2.16. The number of nitro groups is 1. The molecule has 92 valence electrons. The van der Waals surface area contributed by atoms with Gasteiger partial charge in [-0.2, -0.15) is 0 Å². The number of quaternary nitrogens is 1. The molecule has 1 N–H and O–H groups in total. The van der Waals surface area contributed by atoms with E-state index in [1.807, 2.05) is 12.1 Å². The van der Waals surface area contributed by atoms with E-state index in [9.17, 15) is 10.1 Å². The molecule has 1 saturated heterocycles. The van der Waals surface area contributed by atoms with Crippen LogP contribution in [0.25, 0.3) is 0 Å². The highest BCUT2D eigenvalue weighted by Crippen LogP contribution is 2.11. The number of non-ortho nitro benzene ring substituents is 1. The molecule has 1 aliphatic rings. The van der Waals surface area contributed by atoms with Crippen molar-refractivity contribution in [1.82, 2.24) is 0 Å². The van der Waals surface area contributed by atoms with Crippen molar-refractivity contribution in [3.05, 3.63) is 39.9 Å². The van der Waals surface area contributed by atoms with Crippen molar-refractivity contribution in [2.45, 2.75) is 32.2 Å². The Hall–Kier alpha value is -1.42. The van der Waals surface area contributed by atoms with E-state index in [1.54, 1.807) is 17.0 Å². The summed E-state index contributed by atoms with van der Waals surface area (Å²) in [5.74, 6) is 0. The quantitative estimate of drug-likeness (QED) is 0.638. The van der Waals surface area contributed by atoms with Crippen molar-refractivity contribution < 1.29 is 9.82 Å². The van der Waals surface area contributed by atoms with E-state index in [2.05, 4.69) is 0 Å². The van der Waals surface area contributed by atoms with E-state index in [4.69, 9.17) is 0 Å². The molecule has 1 aromatic carbocycles. The molecule has 1 aliphatic heterocycles. The lowest BCUT2D eigenvalue weighted by atomic mass is 10.2. The largest absolute Gasteiger partial charge is 0.331 e. The van der Waals surface area contributed by atoms with Crippen molar-refractivity contribution in [2.24, 2.45) is 0 Å². The summed E-state index contributed by atoms with van der Waals surface area (Å²) in [5.41, 5.74) is 1.38. The summed E-state index contributed by atoms with van der Waals surface area (Å²) in [6, 6.07) is 6.98. The van der Waals surface area contributed by atoms with E-state index < -0.39 is 0 Å². The van der Waals surface area contributed by atoms with Gasteiger partial charge in [0.1, 0.15) is 6.54 Å². The molecular formula is C13H19N2O2+. The van der Waals surface area contributed by atoms with Gasteiger partial charge in [0.2, 0.25) is 0 Å². The number of likely N-dealkylation sites (tertiary alicyclic amines) is 1. The zero-order valence-electron chi connectivity index (χ0n) is 10.0. The number of nitrogens with one attached hydrogen (secondary N) is 1. The van der Waals surface area contributed by atoms with Crippen molar-refractivity contribution in [3.63, 3.8) is 0 Å². The third kappa shape index (κ3) is 3.53. The summed E-state index contributed by atoms with van der Waals surface area (Å²) in [7, 11) is 0. The minimum absolute atomic E-state index is 0.180. The lowest BCUT2D eigenvalue weighted by Crippen LogP contribution is -3.10. The van der Waals surface area contributed by atoms with Crippen LogP contribution >= 0.6 is 0 Å². The van der Waals surface area contributed by atoms with E-state index in [0.717, 1.165) is 6.54 Å². The molecule has 4 nitrogen and oxygen atoms in total. The second kappa shape index (κ2) is 5.77. The van der Waals surface area contributed by atoms with Crippen LogP contribution in [0.4, 0.5) is 5.69 Å². The molecule has 0 aliphatic carbocycles. The molecule has 0 unspecified atom stereocenters. The molecule has 0 aromatic heterocycles. The van der Waals surface area contributed by atoms with Crippen LogP contribution in [0.1, 0.15) is 31.2 Å². The first-order valence-corrected chi connectivity index (χ1v) is 6.32. The minimum atomic E-state index is -0.345. The van der Waals surface area contributed by atoms with Gasteiger partial charge in [-0.25, -0.2) is 0 Å². The van der Waals surface area contributed by atoms with Gasteiger partial charge in [-0.05, 0) is 37.8 Å². The topological polar surface area (TPSA) is 47.6 Å². The third-order valence-corrected chi connectivity index (χ3v) is 3.41. The second-order valence-electron chi connectivity index (χ2n) is 4.76. The molecule has 17 heavy (non-hydrogen) atoms. The van der Waals surface area contributed by atoms with Crippen LogP contribution in [0.5, 0.6) is 0 Å². The normalized spacial score (nSPS) is 17.6. The standard InChI is InChI=1S/C13H18N2O2/c16-15(17)13-7-5-12(6-8-13)11-14-9-3-1-2-4-10-14/h5-8H,1-4,9-11H2/p+1. The number of benzene rings is 1. The van der Waals surface area contributed by atoms with Gasteiger partial charge in [0.05, 0.1) is 18.0 Å². The van der Waals surface area contributed by atoms with Crippen LogP contribution in [0.3, 0.4) is 0 Å². The number of nitro benzene ring substituents is 1. The molecule has 0 amide bonds. The van der Waals surface area contributed by atoms with Gasteiger partial charge in [0.15, 0.2) is 0 Å². The average molecular weight is 235 g/mol. The predicted molar refractivity (Wildman–Crippen MR) is 66.0 cm³/mol. The molecular weight excluding hydrogens is 216 g/mol.